The molecule has 0 bridgehead atoms. The summed E-state index contributed by atoms with van der Waals surface area (Å²) in [5, 5.41) is 12.5. The number of imidazole rings is 1. The van der Waals surface area contributed by atoms with E-state index < -0.39 is 11.9 Å². The lowest BCUT2D eigenvalue weighted by Gasteiger charge is -2.13. The fourth-order valence-corrected chi connectivity index (χ4v) is 3.42. The standard InChI is InChI=1S/C18H19BrN4O3/c19-13-5-3-4-12(8-13)14(18(25)26)6-1-2-7-23-11-22-16-15(24)9-20-10-21-17(16)23/h3-5,8,10-11,14H,1-2,6-7,9H2,(H,20,21)(H,25,26). The Morgan fingerprint density at radius 1 is 1.38 bits per heavy atom. The number of Topliss-reactive ketones (excluding diaryl/α,β-unsaturated/α-hetero) is 1. The molecule has 0 fully saturated rings. The third-order valence-electron chi connectivity index (χ3n) is 4.32. The number of rotatable bonds is 7. The van der Waals surface area contributed by atoms with Crippen LogP contribution >= 0.6 is 15.9 Å². The normalized spacial score (nSPS) is 14.4. The molecule has 26 heavy (non-hydrogen) atoms. The maximum Gasteiger partial charge on any atom is 0.310 e. The van der Waals surface area contributed by atoms with Crippen LogP contribution in [0.3, 0.4) is 0 Å². The minimum absolute atomic E-state index is 0.101. The minimum Gasteiger partial charge on any atom is -0.481 e. The van der Waals surface area contributed by atoms with E-state index in [1.54, 1.807) is 6.33 Å². The summed E-state index contributed by atoms with van der Waals surface area (Å²) >= 11 is 3.39. The molecule has 1 unspecified atom stereocenters. The van der Waals surface area contributed by atoms with E-state index in [0.29, 0.717) is 24.5 Å². The number of carbonyl (C=O) groups excluding carboxylic acids is 1. The van der Waals surface area contributed by atoms with Gasteiger partial charge in [0.15, 0.2) is 5.69 Å². The van der Waals surface area contributed by atoms with Crippen LogP contribution in [0.15, 0.2) is 40.1 Å². The van der Waals surface area contributed by atoms with Gasteiger partial charge >= 0.3 is 5.97 Å². The molecular weight excluding hydrogens is 400 g/mol. The van der Waals surface area contributed by atoms with Crippen LogP contribution in [0.2, 0.25) is 0 Å². The fraction of sp³-hybridized carbons (Fsp3) is 0.333. The number of ketones is 1. The second-order valence-corrected chi connectivity index (χ2v) is 7.03. The SMILES string of the molecule is O=C1CN=CNc2c1ncn2CCCCC(C(=O)O)c1cccc(Br)c1. The minimum atomic E-state index is -0.817. The predicted molar refractivity (Wildman–Crippen MR) is 102 cm³/mol. The number of unbranched alkanes of at least 4 members (excludes halogenated alkanes) is 1. The van der Waals surface area contributed by atoms with E-state index in [-0.39, 0.29) is 12.3 Å². The summed E-state index contributed by atoms with van der Waals surface area (Å²) in [7, 11) is 0. The number of carboxylic acids is 1. The molecule has 0 amide bonds. The molecule has 2 aromatic rings. The van der Waals surface area contributed by atoms with Crippen LogP contribution < -0.4 is 5.32 Å². The Labute approximate surface area is 159 Å². The van der Waals surface area contributed by atoms with Gasteiger partial charge in [0.25, 0.3) is 0 Å². The van der Waals surface area contributed by atoms with Gasteiger partial charge in [0, 0.05) is 11.0 Å². The number of nitrogens with zero attached hydrogens (tertiary/aromatic N) is 3. The van der Waals surface area contributed by atoms with Gasteiger partial charge in [-0.3, -0.25) is 14.6 Å². The number of halogens is 1. The van der Waals surface area contributed by atoms with Crippen LogP contribution in [-0.4, -0.2) is 39.3 Å². The topological polar surface area (TPSA) is 96.6 Å². The molecule has 8 heteroatoms. The van der Waals surface area contributed by atoms with Crippen LogP contribution in [0.1, 0.15) is 41.2 Å². The number of nitrogens with one attached hydrogen (secondary N) is 1. The zero-order valence-electron chi connectivity index (χ0n) is 14.1. The number of carboxylic acid groups (broad SMARTS) is 1. The van der Waals surface area contributed by atoms with Crippen LogP contribution in [0.5, 0.6) is 0 Å². The smallest absolute Gasteiger partial charge is 0.310 e. The molecule has 1 aliphatic heterocycles. The molecule has 0 saturated heterocycles. The molecule has 136 valence electrons. The first-order chi connectivity index (χ1) is 12.6. The Morgan fingerprint density at radius 2 is 2.23 bits per heavy atom. The molecule has 2 heterocycles. The second-order valence-electron chi connectivity index (χ2n) is 6.11. The molecule has 1 atom stereocenters. The van der Waals surface area contributed by atoms with Gasteiger partial charge in [-0.05, 0) is 30.5 Å². The third-order valence-corrected chi connectivity index (χ3v) is 4.81. The summed E-state index contributed by atoms with van der Waals surface area (Å²) in [5.74, 6) is -0.805. The van der Waals surface area contributed by atoms with Crippen molar-refractivity contribution in [3.8, 4) is 0 Å². The third kappa shape index (κ3) is 4.19. The number of aromatic nitrogens is 2. The molecule has 0 aliphatic carbocycles. The van der Waals surface area contributed by atoms with Gasteiger partial charge in [-0.2, -0.15) is 0 Å². The highest BCUT2D eigenvalue weighted by atomic mass is 79.9. The zero-order valence-corrected chi connectivity index (χ0v) is 15.6. The van der Waals surface area contributed by atoms with E-state index in [1.165, 1.54) is 6.34 Å². The summed E-state index contributed by atoms with van der Waals surface area (Å²) in [4.78, 5) is 31.6. The van der Waals surface area contributed by atoms with Crippen LogP contribution in [0.4, 0.5) is 5.82 Å². The van der Waals surface area contributed by atoms with E-state index >= 15 is 0 Å². The zero-order chi connectivity index (χ0) is 18.5. The molecule has 0 spiro atoms. The first kappa shape index (κ1) is 18.3. The van der Waals surface area contributed by atoms with Crippen LogP contribution in [0.25, 0.3) is 0 Å². The first-order valence-electron chi connectivity index (χ1n) is 8.37. The molecule has 1 aliphatic rings. The fourth-order valence-electron chi connectivity index (χ4n) is 3.00. The molecule has 0 radical (unpaired) electrons. The quantitative estimate of drug-likeness (QED) is 0.672. The number of hydrogen-bond donors (Lipinski definition) is 2. The summed E-state index contributed by atoms with van der Waals surface area (Å²) in [5.41, 5.74) is 1.20. The molecule has 7 nitrogen and oxygen atoms in total. The Bertz CT molecular complexity index is 847. The van der Waals surface area contributed by atoms with Gasteiger partial charge in [-0.1, -0.05) is 34.5 Å². The Balaban J connectivity index is 1.59. The van der Waals surface area contributed by atoms with Gasteiger partial charge in [-0.25, -0.2) is 4.98 Å². The van der Waals surface area contributed by atoms with E-state index in [2.05, 4.69) is 31.2 Å². The van der Waals surface area contributed by atoms with Crippen molar-refractivity contribution in [3.05, 3.63) is 46.3 Å². The summed E-state index contributed by atoms with van der Waals surface area (Å²) in [6.45, 7) is 0.755. The largest absolute Gasteiger partial charge is 0.481 e. The number of fused-ring (bicyclic) bond motifs is 1. The average Bonchev–Trinajstić information content (AvgIpc) is 2.91. The number of benzene rings is 1. The number of aliphatic carboxylic acids is 1. The average molecular weight is 419 g/mol. The van der Waals surface area contributed by atoms with Crippen molar-refractivity contribution in [2.24, 2.45) is 4.99 Å². The highest BCUT2D eigenvalue weighted by Gasteiger charge is 2.21. The van der Waals surface area contributed by atoms with E-state index in [4.69, 9.17) is 0 Å². The van der Waals surface area contributed by atoms with Crippen molar-refractivity contribution in [2.45, 2.75) is 31.7 Å². The van der Waals surface area contributed by atoms with Gasteiger partial charge in [0.2, 0.25) is 5.78 Å². The van der Waals surface area contributed by atoms with E-state index in [1.807, 2.05) is 28.8 Å². The Morgan fingerprint density at radius 3 is 3.00 bits per heavy atom. The lowest BCUT2D eigenvalue weighted by molar-refractivity contribution is -0.139. The number of carbonyl (C=O) groups is 2. The van der Waals surface area contributed by atoms with Crippen molar-refractivity contribution in [1.82, 2.24) is 9.55 Å². The maximum atomic E-state index is 11.9. The first-order valence-corrected chi connectivity index (χ1v) is 9.17. The van der Waals surface area contributed by atoms with Gasteiger partial charge in [0.1, 0.15) is 12.4 Å². The van der Waals surface area contributed by atoms with E-state index in [0.717, 1.165) is 22.9 Å². The summed E-state index contributed by atoms with van der Waals surface area (Å²) < 4.78 is 2.75. The Hall–Kier alpha value is -2.48. The molecule has 1 aromatic heterocycles. The van der Waals surface area contributed by atoms with Crippen molar-refractivity contribution in [2.75, 3.05) is 11.9 Å². The predicted octanol–water partition coefficient (Wildman–Crippen LogP) is 3.32. The Kier molecular flexibility index (Phi) is 5.82. The lowest BCUT2D eigenvalue weighted by Crippen LogP contribution is -2.12. The molecule has 1 aromatic carbocycles. The monoisotopic (exact) mass is 418 g/mol. The van der Waals surface area contributed by atoms with Crippen molar-refractivity contribution < 1.29 is 14.7 Å². The van der Waals surface area contributed by atoms with Crippen LogP contribution in [-0.2, 0) is 11.3 Å². The number of hydrogen-bond acceptors (Lipinski definition) is 5. The highest BCUT2D eigenvalue weighted by molar-refractivity contribution is 9.10. The summed E-state index contributed by atoms with van der Waals surface area (Å²) in [6, 6.07) is 7.42. The maximum absolute atomic E-state index is 11.9. The number of aliphatic imine (C=N–C) groups is 1. The van der Waals surface area contributed by atoms with E-state index in [9.17, 15) is 14.7 Å². The molecule has 2 N–H and O–H groups in total. The van der Waals surface area contributed by atoms with Crippen molar-refractivity contribution in [3.63, 3.8) is 0 Å². The van der Waals surface area contributed by atoms with Crippen molar-refractivity contribution >= 4 is 39.8 Å². The van der Waals surface area contributed by atoms with Gasteiger partial charge < -0.3 is 15.0 Å². The van der Waals surface area contributed by atoms with Gasteiger partial charge in [0.05, 0.1) is 18.6 Å². The highest BCUT2D eigenvalue weighted by Crippen LogP contribution is 2.26. The van der Waals surface area contributed by atoms with Crippen LogP contribution in [0, 0.1) is 0 Å². The summed E-state index contributed by atoms with van der Waals surface area (Å²) in [6.07, 6.45) is 5.23. The lowest BCUT2D eigenvalue weighted by atomic mass is 9.94. The molecule has 0 saturated carbocycles. The van der Waals surface area contributed by atoms with Gasteiger partial charge in [-0.15, -0.1) is 0 Å². The molecular formula is C18H19BrN4O3. The van der Waals surface area contributed by atoms with Crippen molar-refractivity contribution in [1.29, 1.82) is 0 Å². The number of anilines is 1. The second kappa shape index (κ2) is 8.27. The molecule has 3 rings (SSSR count). The number of aryl methyl sites for hydroxylation is 1.